The highest BCUT2D eigenvalue weighted by Gasteiger charge is 2.27. The fraction of sp³-hybridized carbons (Fsp3) is 0.367. The van der Waals surface area contributed by atoms with E-state index in [-0.39, 0.29) is 17.3 Å². The molecule has 1 heterocycles. The minimum absolute atomic E-state index is 0.0970. The van der Waals surface area contributed by atoms with E-state index in [1.807, 2.05) is 38.1 Å². The molecule has 3 aromatic carbocycles. The molecule has 0 spiro atoms. The predicted octanol–water partition coefficient (Wildman–Crippen LogP) is 4.89. The van der Waals surface area contributed by atoms with Crippen molar-refractivity contribution in [2.75, 3.05) is 30.5 Å². The minimum Gasteiger partial charge on any atom is -0.494 e. The van der Waals surface area contributed by atoms with Gasteiger partial charge in [0, 0.05) is 13.1 Å². The molecule has 7 nitrogen and oxygen atoms in total. The molecule has 0 radical (unpaired) electrons. The Morgan fingerprint density at radius 2 is 1.63 bits per heavy atom. The Hall–Kier alpha value is -3.36. The zero-order chi connectivity index (χ0) is 27.0. The third kappa shape index (κ3) is 7.36. The predicted molar refractivity (Wildman–Crippen MR) is 151 cm³/mol. The van der Waals surface area contributed by atoms with E-state index in [2.05, 4.69) is 22.3 Å². The number of benzene rings is 3. The first-order chi connectivity index (χ1) is 18.3. The molecule has 0 bridgehead atoms. The third-order valence-corrected chi connectivity index (χ3v) is 8.46. The van der Waals surface area contributed by atoms with Gasteiger partial charge in [0.1, 0.15) is 12.3 Å². The maximum Gasteiger partial charge on any atom is 0.264 e. The molecular formula is C30H37N3O4S. The van der Waals surface area contributed by atoms with Crippen molar-refractivity contribution in [1.82, 2.24) is 10.2 Å². The molecule has 1 aliphatic rings. The maximum absolute atomic E-state index is 13.6. The van der Waals surface area contributed by atoms with Crippen LogP contribution in [0.15, 0.2) is 77.7 Å². The Morgan fingerprint density at radius 1 is 0.947 bits per heavy atom. The van der Waals surface area contributed by atoms with Crippen LogP contribution in [0.25, 0.3) is 0 Å². The average Bonchev–Trinajstić information content (AvgIpc) is 2.92. The monoisotopic (exact) mass is 535 g/mol. The molecule has 8 heteroatoms. The second kappa shape index (κ2) is 12.9. The Bertz CT molecular complexity index is 1300. The van der Waals surface area contributed by atoms with Crippen LogP contribution < -0.4 is 14.4 Å². The van der Waals surface area contributed by atoms with Gasteiger partial charge >= 0.3 is 0 Å². The van der Waals surface area contributed by atoms with Crippen LogP contribution in [-0.4, -0.2) is 45.5 Å². The lowest BCUT2D eigenvalue weighted by molar-refractivity contribution is -0.119. The lowest BCUT2D eigenvalue weighted by atomic mass is 10.1. The highest BCUT2D eigenvalue weighted by Crippen LogP contribution is 2.25. The molecule has 0 atom stereocenters. The van der Waals surface area contributed by atoms with Gasteiger partial charge in [-0.1, -0.05) is 48.4 Å². The highest BCUT2D eigenvalue weighted by atomic mass is 32.2. The molecule has 1 amide bonds. The van der Waals surface area contributed by atoms with Gasteiger partial charge < -0.3 is 10.1 Å². The summed E-state index contributed by atoms with van der Waals surface area (Å²) in [6.45, 7) is 7.45. The highest BCUT2D eigenvalue weighted by molar-refractivity contribution is 7.92. The van der Waals surface area contributed by atoms with Gasteiger partial charge in [-0.05, 0) is 87.3 Å². The number of carbonyl (C=O) groups is 1. The lowest BCUT2D eigenvalue weighted by Crippen LogP contribution is -2.40. The summed E-state index contributed by atoms with van der Waals surface area (Å²) in [5, 5.41) is 2.91. The van der Waals surface area contributed by atoms with E-state index in [9.17, 15) is 13.2 Å². The quantitative estimate of drug-likeness (QED) is 0.378. The minimum atomic E-state index is -3.99. The molecule has 202 valence electrons. The Labute approximate surface area is 226 Å². The van der Waals surface area contributed by atoms with Gasteiger partial charge in [-0.3, -0.25) is 14.0 Å². The van der Waals surface area contributed by atoms with Crippen LogP contribution in [0, 0.1) is 6.92 Å². The average molecular weight is 536 g/mol. The van der Waals surface area contributed by atoms with Gasteiger partial charge in [-0.25, -0.2) is 8.42 Å². The van der Waals surface area contributed by atoms with Gasteiger partial charge in [-0.2, -0.15) is 0 Å². The topological polar surface area (TPSA) is 79.0 Å². The van der Waals surface area contributed by atoms with Crippen molar-refractivity contribution in [2.45, 2.75) is 51.1 Å². The zero-order valence-corrected chi connectivity index (χ0v) is 23.0. The van der Waals surface area contributed by atoms with Crippen LogP contribution in [0.4, 0.5) is 5.69 Å². The Balaban J connectivity index is 1.46. The summed E-state index contributed by atoms with van der Waals surface area (Å²) >= 11 is 0. The number of rotatable bonds is 11. The van der Waals surface area contributed by atoms with Crippen molar-refractivity contribution in [3.63, 3.8) is 0 Å². The number of ether oxygens (including phenoxy) is 1. The van der Waals surface area contributed by atoms with Crippen LogP contribution in [0.5, 0.6) is 5.75 Å². The van der Waals surface area contributed by atoms with Crippen molar-refractivity contribution in [1.29, 1.82) is 0 Å². The SMILES string of the molecule is CCOc1ccc(S(=O)(=O)N(CC(=O)NCc2cccc(CN3CCCCC3)c2)c2ccc(C)cc2)cc1. The molecule has 38 heavy (non-hydrogen) atoms. The second-order valence-corrected chi connectivity index (χ2v) is 11.5. The lowest BCUT2D eigenvalue weighted by Gasteiger charge is -2.26. The molecular weight excluding hydrogens is 498 g/mol. The number of carbonyl (C=O) groups excluding carboxylic acids is 1. The molecule has 3 aromatic rings. The first kappa shape index (κ1) is 27.7. The number of piperidine rings is 1. The molecule has 0 saturated carbocycles. The number of sulfonamides is 1. The number of anilines is 1. The van der Waals surface area contributed by atoms with Crippen LogP contribution in [0.1, 0.15) is 42.9 Å². The maximum atomic E-state index is 13.6. The van der Waals surface area contributed by atoms with Crippen LogP contribution in [-0.2, 0) is 27.9 Å². The molecule has 0 aromatic heterocycles. The van der Waals surface area contributed by atoms with Gasteiger partial charge in [0.05, 0.1) is 17.2 Å². The van der Waals surface area contributed by atoms with Crippen molar-refractivity contribution < 1.29 is 17.9 Å². The standard InChI is InChI=1S/C30H37N3O4S/c1-3-37-28-14-16-29(17-15-28)38(35,36)33(27-12-10-24(2)11-13-27)23-30(34)31-21-25-8-7-9-26(20-25)22-32-18-5-4-6-19-32/h7-17,20H,3-6,18-19,21-23H2,1-2H3,(H,31,34). The molecule has 0 aliphatic carbocycles. The number of aryl methyl sites for hydroxylation is 1. The fourth-order valence-electron chi connectivity index (χ4n) is 4.63. The number of nitrogens with one attached hydrogen (secondary N) is 1. The molecule has 4 rings (SSSR count). The number of hydrogen-bond acceptors (Lipinski definition) is 5. The first-order valence-electron chi connectivity index (χ1n) is 13.2. The summed E-state index contributed by atoms with van der Waals surface area (Å²) in [4.78, 5) is 15.6. The number of likely N-dealkylation sites (tertiary alicyclic amines) is 1. The van der Waals surface area contributed by atoms with E-state index >= 15 is 0 Å². The molecule has 1 N–H and O–H groups in total. The van der Waals surface area contributed by atoms with Crippen molar-refractivity contribution in [3.8, 4) is 5.75 Å². The smallest absolute Gasteiger partial charge is 0.264 e. The Kier molecular flexibility index (Phi) is 9.42. The zero-order valence-electron chi connectivity index (χ0n) is 22.2. The number of nitrogens with zero attached hydrogens (tertiary/aromatic N) is 2. The van der Waals surface area contributed by atoms with Gasteiger partial charge in [0.15, 0.2) is 0 Å². The normalized spacial score (nSPS) is 14.2. The van der Waals surface area contributed by atoms with Gasteiger partial charge in [-0.15, -0.1) is 0 Å². The number of amides is 1. The second-order valence-electron chi connectivity index (χ2n) is 9.69. The van der Waals surface area contributed by atoms with E-state index in [1.54, 1.807) is 24.3 Å². The molecule has 1 fully saturated rings. The van der Waals surface area contributed by atoms with Crippen molar-refractivity contribution in [3.05, 3.63) is 89.5 Å². The van der Waals surface area contributed by atoms with Crippen molar-refractivity contribution >= 4 is 21.6 Å². The summed E-state index contributed by atoms with van der Waals surface area (Å²) in [6.07, 6.45) is 3.79. The summed E-state index contributed by atoms with van der Waals surface area (Å²) in [5.74, 6) is 0.218. The van der Waals surface area contributed by atoms with E-state index in [4.69, 9.17) is 4.74 Å². The summed E-state index contributed by atoms with van der Waals surface area (Å²) in [5.41, 5.74) is 3.64. The third-order valence-electron chi connectivity index (χ3n) is 6.67. The summed E-state index contributed by atoms with van der Waals surface area (Å²) < 4.78 is 33.9. The number of hydrogen-bond donors (Lipinski definition) is 1. The summed E-state index contributed by atoms with van der Waals surface area (Å²) in [6, 6.07) is 21.6. The molecule has 1 saturated heterocycles. The van der Waals surface area contributed by atoms with Gasteiger partial charge in [0.25, 0.3) is 10.0 Å². The van der Waals surface area contributed by atoms with Gasteiger partial charge in [0.2, 0.25) is 5.91 Å². The largest absolute Gasteiger partial charge is 0.494 e. The van der Waals surface area contributed by atoms with E-state index in [0.717, 1.165) is 35.1 Å². The van der Waals surface area contributed by atoms with Crippen LogP contribution in [0.2, 0.25) is 0 Å². The van der Waals surface area contributed by atoms with E-state index < -0.39 is 10.0 Å². The van der Waals surface area contributed by atoms with Crippen LogP contribution in [0.3, 0.4) is 0 Å². The molecule has 0 unspecified atom stereocenters. The van der Waals surface area contributed by atoms with Crippen molar-refractivity contribution in [2.24, 2.45) is 0 Å². The summed E-state index contributed by atoms with van der Waals surface area (Å²) in [7, 11) is -3.99. The van der Waals surface area contributed by atoms with E-state index in [1.165, 1.54) is 37.0 Å². The van der Waals surface area contributed by atoms with E-state index in [0.29, 0.717) is 24.6 Å². The Morgan fingerprint density at radius 3 is 2.32 bits per heavy atom. The molecule has 1 aliphatic heterocycles. The van der Waals surface area contributed by atoms with Crippen LogP contribution >= 0.6 is 0 Å². The first-order valence-corrected chi connectivity index (χ1v) is 14.7. The fourth-order valence-corrected chi connectivity index (χ4v) is 6.05.